The minimum absolute atomic E-state index is 0.0240. The summed E-state index contributed by atoms with van der Waals surface area (Å²) in [5.74, 6) is 0.0550. The van der Waals surface area contributed by atoms with Gasteiger partial charge in [0.15, 0.2) is 5.15 Å². The summed E-state index contributed by atoms with van der Waals surface area (Å²) in [6, 6.07) is 3.06. The number of fused-ring (bicyclic) bond motifs is 2. The number of esters is 1. The summed E-state index contributed by atoms with van der Waals surface area (Å²) in [7, 11) is 0. The number of nitrogens with zero attached hydrogens (tertiary/aromatic N) is 3. The average Bonchev–Trinajstić information content (AvgIpc) is 3.54. The van der Waals surface area contributed by atoms with Crippen molar-refractivity contribution in [1.82, 2.24) is 20.2 Å². The fraction of sp³-hybridized carbons (Fsp3) is 0.639. The van der Waals surface area contributed by atoms with Gasteiger partial charge in [-0.2, -0.15) is 0 Å². The van der Waals surface area contributed by atoms with Gasteiger partial charge in [0.05, 0.1) is 17.6 Å². The molecule has 12 heteroatoms. The highest BCUT2D eigenvalue weighted by Gasteiger charge is 2.55. The minimum Gasteiger partial charge on any atom is -0.470 e. The molecule has 2 aliphatic carbocycles. The lowest BCUT2D eigenvalue weighted by Crippen LogP contribution is -2.58. The van der Waals surface area contributed by atoms with Crippen LogP contribution in [0.25, 0.3) is 11.0 Å². The molecule has 1 aliphatic heterocycles. The van der Waals surface area contributed by atoms with Gasteiger partial charge in [-0.15, -0.1) is 6.58 Å². The van der Waals surface area contributed by atoms with E-state index in [9.17, 15) is 14.4 Å². The smallest absolute Gasteiger partial charge is 0.408 e. The maximum atomic E-state index is 14.5. The van der Waals surface area contributed by atoms with Crippen molar-refractivity contribution in [2.75, 3.05) is 6.54 Å². The van der Waals surface area contributed by atoms with Crippen LogP contribution in [0.15, 0.2) is 30.9 Å². The van der Waals surface area contributed by atoms with Gasteiger partial charge in [0.25, 0.3) is 5.88 Å². The quantitative estimate of drug-likeness (QED) is 0.155. The number of hydrogen-bond acceptors (Lipinski definition) is 8. The summed E-state index contributed by atoms with van der Waals surface area (Å²) in [5, 5.41) is 3.40. The molecule has 262 valence electrons. The molecule has 1 unspecified atom stereocenters. The Morgan fingerprint density at radius 3 is 2.48 bits per heavy atom. The molecule has 1 aromatic carbocycles. The normalized spacial score (nSPS) is 27.3. The summed E-state index contributed by atoms with van der Waals surface area (Å²) >= 11 is 12.7. The number of hydrogen-bond donors (Lipinski definition) is 1. The highest BCUT2D eigenvalue weighted by Crippen LogP contribution is 2.57. The Morgan fingerprint density at radius 2 is 1.81 bits per heavy atom. The molecule has 8 atom stereocenters. The number of nitrogens with one attached hydrogen (secondary N) is 1. The molecule has 3 fully saturated rings. The number of alkyl carbamates (subject to hydrolysis) is 1. The number of amides is 2. The first kappa shape index (κ1) is 36.2. The predicted molar refractivity (Wildman–Crippen MR) is 185 cm³/mol. The Labute approximate surface area is 293 Å². The molecule has 5 rings (SSSR count). The van der Waals surface area contributed by atoms with E-state index in [1.165, 1.54) is 11.3 Å². The number of benzene rings is 1. The number of allylic oxidation sites excluding steroid dienone is 1. The second-order valence-electron chi connectivity index (χ2n) is 15.6. The minimum atomic E-state index is -0.998. The fourth-order valence-corrected chi connectivity index (χ4v) is 7.54. The molecule has 2 aromatic rings. The van der Waals surface area contributed by atoms with E-state index in [1.54, 1.807) is 39.0 Å². The SMILES string of the molecule is C=CCCC[C@H]1[C@H](OC(=O)N[C@H](C(=O)N2C[C@H](Oc3nc4cc(Cl)ccc4nc3Cl)[C@@H](C)[C@H]2C(=O)OC(C)(C)C)C(C)(C)C)CC2C[C@@H]21. The molecule has 0 spiro atoms. The van der Waals surface area contributed by atoms with Gasteiger partial charge >= 0.3 is 12.1 Å². The first-order valence-electron chi connectivity index (χ1n) is 16.9. The van der Waals surface area contributed by atoms with Gasteiger partial charge in [0.2, 0.25) is 5.91 Å². The van der Waals surface area contributed by atoms with Crippen LogP contribution in [-0.2, 0) is 19.1 Å². The molecule has 2 amide bonds. The largest absolute Gasteiger partial charge is 0.470 e. The number of halogens is 2. The number of ether oxygens (including phenoxy) is 3. The van der Waals surface area contributed by atoms with E-state index >= 15 is 0 Å². The summed E-state index contributed by atoms with van der Waals surface area (Å²) in [6.07, 6.45) is 5.37. The summed E-state index contributed by atoms with van der Waals surface area (Å²) in [5.41, 5.74) is -0.484. The van der Waals surface area contributed by atoms with Gasteiger partial charge < -0.3 is 24.4 Å². The maximum Gasteiger partial charge on any atom is 0.408 e. The lowest BCUT2D eigenvalue weighted by Gasteiger charge is -2.36. The lowest BCUT2D eigenvalue weighted by molar-refractivity contribution is -0.165. The van der Waals surface area contributed by atoms with E-state index < -0.39 is 53.1 Å². The Bertz CT molecular complexity index is 1560. The van der Waals surface area contributed by atoms with Gasteiger partial charge in [-0.3, -0.25) is 4.79 Å². The molecule has 2 heterocycles. The number of aromatic nitrogens is 2. The maximum absolute atomic E-state index is 14.5. The van der Waals surface area contributed by atoms with Gasteiger partial charge in [-0.05, 0) is 94.2 Å². The van der Waals surface area contributed by atoms with E-state index in [0.717, 1.165) is 25.7 Å². The summed E-state index contributed by atoms with van der Waals surface area (Å²) < 4.78 is 18.1. The van der Waals surface area contributed by atoms with Crippen molar-refractivity contribution >= 4 is 52.2 Å². The Hall–Kier alpha value is -3.11. The number of carbonyl (C=O) groups is 3. The highest BCUT2D eigenvalue weighted by atomic mass is 35.5. The molecule has 0 radical (unpaired) electrons. The molecule has 3 aliphatic rings. The van der Waals surface area contributed by atoms with Gasteiger partial charge in [-0.1, -0.05) is 57.0 Å². The van der Waals surface area contributed by atoms with Crippen molar-refractivity contribution in [3.05, 3.63) is 41.0 Å². The number of unbranched alkanes of at least 4 members (excludes halogenated alkanes) is 1. The second kappa shape index (κ2) is 14.0. The van der Waals surface area contributed by atoms with Crippen LogP contribution in [0.2, 0.25) is 10.2 Å². The van der Waals surface area contributed by atoms with E-state index in [1.807, 2.05) is 33.8 Å². The molecule has 1 saturated heterocycles. The summed E-state index contributed by atoms with van der Waals surface area (Å²) in [4.78, 5) is 52.0. The van der Waals surface area contributed by atoms with Crippen molar-refractivity contribution < 1.29 is 28.6 Å². The third-order valence-electron chi connectivity index (χ3n) is 9.66. The molecule has 1 N–H and O–H groups in total. The van der Waals surface area contributed by atoms with Crippen molar-refractivity contribution in [3.63, 3.8) is 0 Å². The third kappa shape index (κ3) is 8.19. The van der Waals surface area contributed by atoms with Crippen molar-refractivity contribution in [2.24, 2.45) is 29.1 Å². The van der Waals surface area contributed by atoms with Crippen LogP contribution in [0.5, 0.6) is 5.88 Å². The molecule has 1 aromatic heterocycles. The second-order valence-corrected chi connectivity index (χ2v) is 16.4. The van der Waals surface area contributed by atoms with Gasteiger partial charge in [-0.25, -0.2) is 19.6 Å². The highest BCUT2D eigenvalue weighted by molar-refractivity contribution is 6.32. The van der Waals surface area contributed by atoms with E-state index in [0.29, 0.717) is 33.8 Å². The molecule has 10 nitrogen and oxygen atoms in total. The van der Waals surface area contributed by atoms with Crippen LogP contribution in [0.3, 0.4) is 0 Å². The molecular formula is C36H48Cl2N4O6. The van der Waals surface area contributed by atoms with Crippen molar-refractivity contribution in [2.45, 2.75) is 110 Å². The average molecular weight is 704 g/mol. The number of rotatable bonds is 10. The number of carbonyl (C=O) groups excluding carboxylic acids is 3. The van der Waals surface area contributed by atoms with Gasteiger partial charge in [0, 0.05) is 10.9 Å². The van der Waals surface area contributed by atoms with E-state index in [2.05, 4.69) is 21.9 Å². The third-order valence-corrected chi connectivity index (χ3v) is 10.1. The Kier molecular flexibility index (Phi) is 10.6. The van der Waals surface area contributed by atoms with Crippen LogP contribution < -0.4 is 10.1 Å². The zero-order chi connectivity index (χ0) is 35.1. The topological polar surface area (TPSA) is 120 Å². The van der Waals surface area contributed by atoms with Crippen LogP contribution in [-0.4, -0.2) is 69.3 Å². The zero-order valence-corrected chi connectivity index (χ0v) is 30.4. The van der Waals surface area contributed by atoms with E-state index in [4.69, 9.17) is 37.4 Å². The van der Waals surface area contributed by atoms with Gasteiger partial charge in [0.1, 0.15) is 29.9 Å². The first-order valence-corrected chi connectivity index (χ1v) is 17.6. The first-order chi connectivity index (χ1) is 22.5. The molecule has 0 bridgehead atoms. The van der Waals surface area contributed by atoms with Crippen molar-refractivity contribution in [3.8, 4) is 5.88 Å². The monoisotopic (exact) mass is 702 g/mol. The van der Waals surface area contributed by atoms with E-state index in [-0.39, 0.29) is 23.7 Å². The lowest BCUT2D eigenvalue weighted by atomic mass is 9.85. The zero-order valence-electron chi connectivity index (χ0n) is 28.9. The molecule has 2 saturated carbocycles. The predicted octanol–water partition coefficient (Wildman–Crippen LogP) is 7.39. The molecular weight excluding hydrogens is 655 g/mol. The fourth-order valence-electron chi connectivity index (χ4n) is 7.20. The standard InChI is InChI=1S/C36H48Cl2N4O6/c1-9-10-11-12-22-23-15-20(23)16-26(22)47-34(45)41-29(35(3,4)5)32(43)42-18-27(19(2)28(42)33(44)48-36(6,7)8)46-31-30(38)39-24-14-13-21(37)17-25(24)40-31/h9,13-14,17,19-20,22-23,26-29H,1,10-12,15-16,18H2,2-8H3,(H,41,45)/t19-,20?,22-,23+,26-,27+,28+,29-/m1/s1. The van der Waals surface area contributed by atoms with Crippen LogP contribution in [0, 0.1) is 29.1 Å². The Balaban J connectivity index is 1.37. The van der Waals surface area contributed by atoms with Crippen LogP contribution in [0.4, 0.5) is 4.79 Å². The Morgan fingerprint density at radius 1 is 1.08 bits per heavy atom. The van der Waals surface area contributed by atoms with Crippen molar-refractivity contribution in [1.29, 1.82) is 0 Å². The molecule has 48 heavy (non-hydrogen) atoms. The number of likely N-dealkylation sites (tertiary alicyclic amines) is 1. The van der Waals surface area contributed by atoms with Crippen LogP contribution in [0.1, 0.15) is 80.6 Å². The van der Waals surface area contributed by atoms with Crippen LogP contribution >= 0.6 is 23.2 Å². The summed E-state index contributed by atoms with van der Waals surface area (Å²) in [6.45, 7) is 16.6.